The Morgan fingerprint density at radius 1 is 1.21 bits per heavy atom. The molecule has 6 heteroatoms. The van der Waals surface area contributed by atoms with Crippen LogP contribution in [0.4, 0.5) is 5.69 Å². The van der Waals surface area contributed by atoms with Crippen LogP contribution in [-0.2, 0) is 0 Å². The minimum absolute atomic E-state index is 0.493. The monoisotopic (exact) mass is 311 g/mol. The van der Waals surface area contributed by atoms with Gasteiger partial charge in [-0.05, 0) is 26.0 Å². The number of aryl methyl sites for hydroxylation is 2. The lowest BCUT2D eigenvalue weighted by molar-refractivity contribution is 1.01. The topological polar surface area (TPSA) is 37.8 Å². The van der Waals surface area contributed by atoms with Gasteiger partial charge in [0.25, 0.3) is 0 Å². The zero-order valence-corrected chi connectivity index (χ0v) is 12.7. The van der Waals surface area contributed by atoms with Gasteiger partial charge in [-0.15, -0.1) is 0 Å². The Bertz CT molecular complexity index is 624. The summed E-state index contributed by atoms with van der Waals surface area (Å²) >= 11 is 17.5. The molecule has 19 heavy (non-hydrogen) atoms. The maximum absolute atomic E-state index is 6.09. The van der Waals surface area contributed by atoms with Crippen molar-refractivity contribution in [3.8, 4) is 0 Å². The first-order valence-electron chi connectivity index (χ1n) is 5.54. The molecule has 0 bridgehead atoms. The molecule has 1 N–H and O–H groups in total. The lowest BCUT2D eigenvalue weighted by atomic mass is 10.2. The standard InChI is InChI=1S/C13H11Cl2N3S/c1-7-9(6-16-8(2)17-7)13(19)18-12-10(14)4-3-5-11(12)15/h3-6H,1-2H3,(H,18,19). The molecule has 0 unspecified atom stereocenters. The summed E-state index contributed by atoms with van der Waals surface area (Å²) in [5, 5.41) is 4.07. The van der Waals surface area contributed by atoms with E-state index in [-0.39, 0.29) is 0 Å². The first-order valence-corrected chi connectivity index (χ1v) is 6.71. The van der Waals surface area contributed by atoms with Crippen molar-refractivity contribution < 1.29 is 0 Å². The highest BCUT2D eigenvalue weighted by atomic mass is 35.5. The van der Waals surface area contributed by atoms with Gasteiger partial charge in [0.05, 0.1) is 21.4 Å². The van der Waals surface area contributed by atoms with Crippen LogP contribution in [0.25, 0.3) is 0 Å². The van der Waals surface area contributed by atoms with Crippen LogP contribution in [-0.4, -0.2) is 15.0 Å². The summed E-state index contributed by atoms with van der Waals surface area (Å²) in [6.45, 7) is 3.71. The lowest BCUT2D eigenvalue weighted by Crippen LogP contribution is -2.14. The summed E-state index contributed by atoms with van der Waals surface area (Å²) in [4.78, 5) is 8.91. The molecule has 0 aliphatic heterocycles. The van der Waals surface area contributed by atoms with E-state index in [2.05, 4.69) is 15.3 Å². The number of anilines is 1. The van der Waals surface area contributed by atoms with Crippen molar-refractivity contribution in [2.75, 3.05) is 5.32 Å². The van der Waals surface area contributed by atoms with Crippen molar-refractivity contribution >= 4 is 46.1 Å². The Morgan fingerprint density at radius 3 is 2.42 bits per heavy atom. The summed E-state index contributed by atoms with van der Waals surface area (Å²) in [5.74, 6) is 0.708. The normalized spacial score (nSPS) is 10.3. The predicted octanol–water partition coefficient (Wildman–Crippen LogP) is 4.19. The van der Waals surface area contributed by atoms with E-state index in [9.17, 15) is 0 Å². The smallest absolute Gasteiger partial charge is 0.125 e. The molecule has 98 valence electrons. The predicted molar refractivity (Wildman–Crippen MR) is 83.3 cm³/mol. The number of aromatic nitrogens is 2. The van der Waals surface area contributed by atoms with Crippen LogP contribution in [0.2, 0.25) is 10.0 Å². The van der Waals surface area contributed by atoms with Crippen molar-refractivity contribution in [1.82, 2.24) is 9.97 Å². The zero-order chi connectivity index (χ0) is 14.0. The molecular weight excluding hydrogens is 301 g/mol. The summed E-state index contributed by atoms with van der Waals surface area (Å²) in [6.07, 6.45) is 1.69. The zero-order valence-electron chi connectivity index (χ0n) is 10.4. The van der Waals surface area contributed by atoms with Gasteiger partial charge in [-0.3, -0.25) is 0 Å². The fourth-order valence-electron chi connectivity index (χ4n) is 1.60. The van der Waals surface area contributed by atoms with Gasteiger partial charge in [-0.1, -0.05) is 41.5 Å². The number of benzene rings is 1. The summed E-state index contributed by atoms with van der Waals surface area (Å²) in [7, 11) is 0. The van der Waals surface area contributed by atoms with Gasteiger partial charge in [0.15, 0.2) is 0 Å². The Balaban J connectivity index is 2.31. The molecule has 0 saturated carbocycles. The third-order valence-electron chi connectivity index (χ3n) is 2.55. The van der Waals surface area contributed by atoms with Gasteiger partial charge in [0.1, 0.15) is 10.8 Å². The highest BCUT2D eigenvalue weighted by molar-refractivity contribution is 7.81. The average Bonchev–Trinajstić information content (AvgIpc) is 2.33. The van der Waals surface area contributed by atoms with Crippen molar-refractivity contribution in [3.63, 3.8) is 0 Å². The first kappa shape index (κ1) is 14.2. The number of para-hydroxylation sites is 1. The summed E-state index contributed by atoms with van der Waals surface area (Å²) in [6, 6.07) is 5.27. The van der Waals surface area contributed by atoms with Crippen molar-refractivity contribution in [3.05, 3.63) is 51.5 Å². The fraction of sp³-hybridized carbons (Fsp3) is 0.154. The summed E-state index contributed by atoms with van der Waals surface area (Å²) < 4.78 is 0. The van der Waals surface area contributed by atoms with Gasteiger partial charge in [0.2, 0.25) is 0 Å². The third-order valence-corrected chi connectivity index (χ3v) is 3.50. The van der Waals surface area contributed by atoms with Crippen LogP contribution in [0.3, 0.4) is 0 Å². The Morgan fingerprint density at radius 2 is 1.84 bits per heavy atom. The second-order valence-electron chi connectivity index (χ2n) is 3.97. The van der Waals surface area contributed by atoms with Crippen LogP contribution in [0.1, 0.15) is 17.1 Å². The van der Waals surface area contributed by atoms with Gasteiger partial charge in [-0.2, -0.15) is 0 Å². The molecule has 0 aliphatic rings. The highest BCUT2D eigenvalue weighted by Gasteiger charge is 2.11. The van der Waals surface area contributed by atoms with E-state index < -0.39 is 0 Å². The molecule has 1 aromatic carbocycles. The van der Waals surface area contributed by atoms with E-state index >= 15 is 0 Å². The van der Waals surface area contributed by atoms with Gasteiger partial charge in [0, 0.05) is 11.8 Å². The van der Waals surface area contributed by atoms with Gasteiger partial charge in [-0.25, -0.2) is 9.97 Å². The van der Waals surface area contributed by atoms with Gasteiger partial charge < -0.3 is 5.32 Å². The molecule has 0 atom stereocenters. The SMILES string of the molecule is Cc1ncc(C(=S)Nc2c(Cl)cccc2Cl)c(C)n1. The van der Waals surface area contributed by atoms with Crippen molar-refractivity contribution in [1.29, 1.82) is 0 Å². The van der Waals surface area contributed by atoms with Crippen LogP contribution in [0, 0.1) is 13.8 Å². The highest BCUT2D eigenvalue weighted by Crippen LogP contribution is 2.30. The number of nitrogens with zero attached hydrogens (tertiary/aromatic N) is 2. The second-order valence-corrected chi connectivity index (χ2v) is 5.19. The molecule has 0 amide bonds. The largest absolute Gasteiger partial charge is 0.344 e. The summed E-state index contributed by atoms with van der Waals surface area (Å²) in [5.41, 5.74) is 2.17. The minimum Gasteiger partial charge on any atom is -0.344 e. The van der Waals surface area contributed by atoms with Crippen LogP contribution < -0.4 is 5.32 Å². The quantitative estimate of drug-likeness (QED) is 0.844. The van der Waals surface area contributed by atoms with E-state index in [1.54, 1.807) is 24.4 Å². The molecule has 3 nitrogen and oxygen atoms in total. The molecule has 0 fully saturated rings. The fourth-order valence-corrected chi connectivity index (χ4v) is 2.40. The molecule has 1 aromatic heterocycles. The molecule has 2 aromatic rings. The number of nitrogens with one attached hydrogen (secondary N) is 1. The molecular formula is C13H11Cl2N3S. The van der Waals surface area contributed by atoms with Gasteiger partial charge >= 0.3 is 0 Å². The molecule has 0 spiro atoms. The average molecular weight is 312 g/mol. The van der Waals surface area contributed by atoms with E-state index in [0.29, 0.717) is 26.5 Å². The Hall–Kier alpha value is -1.23. The number of halogens is 2. The maximum Gasteiger partial charge on any atom is 0.125 e. The number of rotatable bonds is 2. The molecule has 1 heterocycles. The number of hydrogen-bond acceptors (Lipinski definition) is 3. The Kier molecular flexibility index (Phi) is 4.34. The lowest BCUT2D eigenvalue weighted by Gasteiger charge is -2.12. The first-order chi connectivity index (χ1) is 8.99. The second kappa shape index (κ2) is 5.82. The van der Waals surface area contributed by atoms with Crippen molar-refractivity contribution in [2.45, 2.75) is 13.8 Å². The van der Waals surface area contributed by atoms with E-state index in [0.717, 1.165) is 11.3 Å². The van der Waals surface area contributed by atoms with Crippen LogP contribution >= 0.6 is 35.4 Å². The molecule has 0 radical (unpaired) electrons. The maximum atomic E-state index is 6.09. The van der Waals surface area contributed by atoms with E-state index in [1.165, 1.54) is 0 Å². The van der Waals surface area contributed by atoms with E-state index in [4.69, 9.17) is 35.4 Å². The third kappa shape index (κ3) is 3.21. The molecule has 0 aliphatic carbocycles. The van der Waals surface area contributed by atoms with Crippen LogP contribution in [0.5, 0.6) is 0 Å². The number of hydrogen-bond donors (Lipinski definition) is 1. The molecule has 0 saturated heterocycles. The van der Waals surface area contributed by atoms with E-state index in [1.807, 2.05) is 13.8 Å². The molecule has 2 rings (SSSR count). The number of thiocarbonyl (C=S) groups is 1. The Labute approximate surface area is 127 Å². The van der Waals surface area contributed by atoms with Crippen LogP contribution in [0.15, 0.2) is 24.4 Å². The minimum atomic E-state index is 0.493. The van der Waals surface area contributed by atoms with Crippen molar-refractivity contribution in [2.24, 2.45) is 0 Å².